The van der Waals surface area contributed by atoms with Crippen molar-refractivity contribution in [1.82, 2.24) is 10.2 Å². The first kappa shape index (κ1) is 24.4. The zero-order valence-corrected chi connectivity index (χ0v) is 20.3. The molecule has 2 aliphatic rings. The van der Waals surface area contributed by atoms with E-state index in [0.717, 1.165) is 57.9 Å². The number of nitrogens with one attached hydrogen (secondary N) is 1. The summed E-state index contributed by atoms with van der Waals surface area (Å²) in [5, 5.41) is 13.9. The molecule has 29 heavy (non-hydrogen) atoms. The number of aliphatic hydroxyl groups excluding tert-OH is 1. The molecule has 3 unspecified atom stereocenters. The first-order valence-corrected chi connectivity index (χ1v) is 10.9. The molecule has 1 aromatic rings. The van der Waals surface area contributed by atoms with E-state index >= 15 is 0 Å². The van der Waals surface area contributed by atoms with Gasteiger partial charge >= 0.3 is 0 Å². The van der Waals surface area contributed by atoms with Crippen LogP contribution in [-0.2, 0) is 11.3 Å². The maximum absolute atomic E-state index is 10.4. The molecule has 1 saturated heterocycles. The summed E-state index contributed by atoms with van der Waals surface area (Å²) in [5.74, 6) is 1.54. The summed E-state index contributed by atoms with van der Waals surface area (Å²) in [6.45, 7) is 9.34. The quantitative estimate of drug-likeness (QED) is 0.327. The smallest absolute Gasteiger partial charge is 0.193 e. The molecule has 0 bridgehead atoms. The van der Waals surface area contributed by atoms with Gasteiger partial charge in [0.2, 0.25) is 0 Å². The van der Waals surface area contributed by atoms with Gasteiger partial charge in [-0.1, -0.05) is 50.1 Å². The van der Waals surface area contributed by atoms with Crippen molar-refractivity contribution in [3.63, 3.8) is 0 Å². The van der Waals surface area contributed by atoms with Crippen LogP contribution in [0.2, 0.25) is 0 Å². The number of hydrogen-bond acceptors (Lipinski definition) is 3. The van der Waals surface area contributed by atoms with Gasteiger partial charge in [0.05, 0.1) is 25.9 Å². The second-order valence-corrected chi connectivity index (χ2v) is 8.69. The molecule has 2 fully saturated rings. The molecule has 1 saturated carbocycles. The zero-order chi connectivity index (χ0) is 19.8. The van der Waals surface area contributed by atoms with Gasteiger partial charge in [-0.15, -0.1) is 24.0 Å². The minimum atomic E-state index is -0.231. The predicted octanol–water partition coefficient (Wildman–Crippen LogP) is 4.05. The maximum Gasteiger partial charge on any atom is 0.193 e. The summed E-state index contributed by atoms with van der Waals surface area (Å²) in [6, 6.07) is 10.4. The lowest BCUT2D eigenvalue weighted by molar-refractivity contribution is 0.00705. The van der Waals surface area contributed by atoms with Crippen LogP contribution in [0.3, 0.4) is 0 Å². The summed E-state index contributed by atoms with van der Waals surface area (Å²) in [5.41, 5.74) is 1.14. The van der Waals surface area contributed by atoms with E-state index in [-0.39, 0.29) is 35.5 Å². The minimum Gasteiger partial charge on any atom is -0.392 e. The molecule has 6 heteroatoms. The lowest BCUT2D eigenvalue weighted by atomic mass is 9.73. The van der Waals surface area contributed by atoms with Crippen molar-refractivity contribution in [3.05, 3.63) is 35.9 Å². The minimum absolute atomic E-state index is 0. The van der Waals surface area contributed by atoms with Crippen LogP contribution in [0.4, 0.5) is 0 Å². The Hall–Kier alpha value is -0.860. The Morgan fingerprint density at radius 2 is 2.07 bits per heavy atom. The fourth-order valence-electron chi connectivity index (χ4n) is 4.33. The molecule has 3 rings (SSSR count). The topological polar surface area (TPSA) is 57.1 Å². The van der Waals surface area contributed by atoms with Gasteiger partial charge < -0.3 is 20.1 Å². The lowest BCUT2D eigenvalue weighted by Crippen LogP contribution is -2.43. The standard InChI is InChI=1S/C23H37N3O2.HI/c1-3-24-22(25-18-23(2)13-8-7-11-21(23)27)26-14-12-20(15-26)17-28-16-19-9-5-4-6-10-19;/h4-6,9-10,20-21,27H,3,7-8,11-18H2,1-2H3,(H,24,25);1H. The third-order valence-corrected chi connectivity index (χ3v) is 6.26. The van der Waals surface area contributed by atoms with Gasteiger partial charge in [-0.05, 0) is 31.7 Å². The number of likely N-dealkylation sites (tertiary alicyclic amines) is 1. The molecule has 5 nitrogen and oxygen atoms in total. The number of ether oxygens (including phenoxy) is 1. The monoisotopic (exact) mass is 515 g/mol. The van der Waals surface area contributed by atoms with Crippen molar-refractivity contribution in [1.29, 1.82) is 0 Å². The van der Waals surface area contributed by atoms with Crippen LogP contribution in [0.25, 0.3) is 0 Å². The second-order valence-electron chi connectivity index (χ2n) is 8.69. The highest BCUT2D eigenvalue weighted by Gasteiger charge is 2.35. The van der Waals surface area contributed by atoms with Crippen LogP contribution in [0, 0.1) is 11.3 Å². The van der Waals surface area contributed by atoms with Gasteiger partial charge in [0.15, 0.2) is 5.96 Å². The highest BCUT2D eigenvalue weighted by molar-refractivity contribution is 14.0. The Kier molecular flexibility index (Phi) is 10.2. The number of guanidine groups is 1. The molecule has 0 amide bonds. The van der Waals surface area contributed by atoms with Crippen LogP contribution >= 0.6 is 24.0 Å². The highest BCUT2D eigenvalue weighted by atomic mass is 127. The summed E-state index contributed by atoms with van der Waals surface area (Å²) < 4.78 is 5.96. The van der Waals surface area contributed by atoms with E-state index in [0.29, 0.717) is 19.1 Å². The SMILES string of the molecule is CCNC(=NCC1(C)CCCCC1O)N1CCC(COCc2ccccc2)C1.I. The lowest BCUT2D eigenvalue weighted by Gasteiger charge is -2.37. The number of hydrogen-bond donors (Lipinski definition) is 2. The van der Waals surface area contributed by atoms with Crippen molar-refractivity contribution < 1.29 is 9.84 Å². The normalized spacial score (nSPS) is 27.6. The van der Waals surface area contributed by atoms with E-state index in [9.17, 15) is 5.11 Å². The molecule has 0 spiro atoms. The molecular weight excluding hydrogens is 477 g/mol. The molecular formula is C23H38IN3O2. The van der Waals surface area contributed by atoms with E-state index in [1.165, 1.54) is 12.0 Å². The Balaban J connectivity index is 0.00000300. The number of aliphatic imine (C=N–C) groups is 1. The number of halogens is 1. The number of aliphatic hydroxyl groups is 1. The average molecular weight is 515 g/mol. The molecule has 0 aromatic heterocycles. The predicted molar refractivity (Wildman–Crippen MR) is 130 cm³/mol. The molecule has 164 valence electrons. The van der Waals surface area contributed by atoms with E-state index in [1.807, 2.05) is 6.07 Å². The van der Waals surface area contributed by atoms with E-state index < -0.39 is 0 Å². The Bertz CT molecular complexity index is 628. The molecule has 3 atom stereocenters. The van der Waals surface area contributed by atoms with Gasteiger partial charge in [-0.2, -0.15) is 0 Å². The van der Waals surface area contributed by atoms with Gasteiger partial charge in [0.25, 0.3) is 0 Å². The van der Waals surface area contributed by atoms with Crippen molar-refractivity contribution in [2.24, 2.45) is 16.3 Å². The molecule has 0 radical (unpaired) electrons. The van der Waals surface area contributed by atoms with E-state index in [2.05, 4.69) is 48.3 Å². The maximum atomic E-state index is 10.4. The number of benzene rings is 1. The van der Waals surface area contributed by atoms with Gasteiger partial charge in [-0.25, -0.2) is 0 Å². The summed E-state index contributed by atoms with van der Waals surface area (Å²) in [7, 11) is 0. The molecule has 1 aliphatic carbocycles. The van der Waals surface area contributed by atoms with Gasteiger partial charge in [-0.3, -0.25) is 4.99 Å². The summed E-state index contributed by atoms with van der Waals surface area (Å²) >= 11 is 0. The number of rotatable bonds is 7. The number of nitrogens with zero attached hydrogens (tertiary/aromatic N) is 2. The van der Waals surface area contributed by atoms with Crippen molar-refractivity contribution >= 4 is 29.9 Å². The Morgan fingerprint density at radius 1 is 1.28 bits per heavy atom. The molecule has 1 aliphatic heterocycles. The first-order chi connectivity index (χ1) is 13.6. The fourth-order valence-corrected chi connectivity index (χ4v) is 4.33. The summed E-state index contributed by atoms with van der Waals surface area (Å²) in [6.07, 6.45) is 5.21. The first-order valence-electron chi connectivity index (χ1n) is 10.9. The fraction of sp³-hybridized carbons (Fsp3) is 0.696. The van der Waals surface area contributed by atoms with Crippen molar-refractivity contribution in [2.75, 3.05) is 32.8 Å². The van der Waals surface area contributed by atoms with Crippen LogP contribution in [0.5, 0.6) is 0 Å². The van der Waals surface area contributed by atoms with Crippen LogP contribution in [0.1, 0.15) is 51.5 Å². The van der Waals surface area contributed by atoms with Crippen molar-refractivity contribution in [2.45, 2.75) is 58.7 Å². The third-order valence-electron chi connectivity index (χ3n) is 6.26. The zero-order valence-electron chi connectivity index (χ0n) is 18.0. The third kappa shape index (κ3) is 7.10. The van der Waals surface area contributed by atoms with E-state index in [1.54, 1.807) is 0 Å². The molecule has 1 aromatic carbocycles. The van der Waals surface area contributed by atoms with Crippen LogP contribution < -0.4 is 5.32 Å². The van der Waals surface area contributed by atoms with E-state index in [4.69, 9.17) is 9.73 Å². The highest BCUT2D eigenvalue weighted by Crippen LogP contribution is 2.36. The van der Waals surface area contributed by atoms with Gasteiger partial charge in [0, 0.05) is 31.0 Å². The van der Waals surface area contributed by atoms with Crippen molar-refractivity contribution in [3.8, 4) is 0 Å². The van der Waals surface area contributed by atoms with Crippen LogP contribution in [0.15, 0.2) is 35.3 Å². The summed E-state index contributed by atoms with van der Waals surface area (Å²) in [4.78, 5) is 7.29. The Labute approximate surface area is 193 Å². The molecule has 2 N–H and O–H groups in total. The molecule has 1 heterocycles. The average Bonchev–Trinajstić information content (AvgIpc) is 3.17. The van der Waals surface area contributed by atoms with Crippen LogP contribution in [-0.4, -0.2) is 54.9 Å². The Morgan fingerprint density at radius 3 is 2.79 bits per heavy atom. The second kappa shape index (κ2) is 12.1. The largest absolute Gasteiger partial charge is 0.392 e. The van der Waals surface area contributed by atoms with Gasteiger partial charge in [0.1, 0.15) is 0 Å².